The van der Waals surface area contributed by atoms with Crippen molar-refractivity contribution in [3.8, 4) is 0 Å². The van der Waals surface area contributed by atoms with E-state index in [0.29, 0.717) is 23.8 Å². The Kier molecular flexibility index (Phi) is 4.97. The summed E-state index contributed by atoms with van der Waals surface area (Å²) in [6, 6.07) is 7.72. The van der Waals surface area contributed by atoms with Gasteiger partial charge in [0.2, 0.25) is 5.91 Å². The molecule has 2 aliphatic carbocycles. The van der Waals surface area contributed by atoms with Crippen LogP contribution in [0.15, 0.2) is 24.3 Å². The zero-order valence-electron chi connectivity index (χ0n) is 14.8. The van der Waals surface area contributed by atoms with Gasteiger partial charge in [-0.1, -0.05) is 36.6 Å². The van der Waals surface area contributed by atoms with Crippen molar-refractivity contribution in [2.45, 2.75) is 68.9 Å². The predicted molar refractivity (Wildman–Crippen MR) is 98.4 cm³/mol. The molecule has 1 amide bonds. The molecule has 3 atom stereocenters. The maximum atomic E-state index is 13.6. The van der Waals surface area contributed by atoms with Crippen LogP contribution in [0.25, 0.3) is 0 Å². The van der Waals surface area contributed by atoms with E-state index in [1.165, 1.54) is 12.8 Å². The van der Waals surface area contributed by atoms with Gasteiger partial charge in [0, 0.05) is 22.9 Å². The van der Waals surface area contributed by atoms with Gasteiger partial charge in [-0.15, -0.1) is 0 Å². The third-order valence-corrected chi connectivity index (χ3v) is 6.64. The van der Waals surface area contributed by atoms with Gasteiger partial charge in [0.25, 0.3) is 0 Å². The summed E-state index contributed by atoms with van der Waals surface area (Å²) in [7, 11) is 0. The van der Waals surface area contributed by atoms with Crippen LogP contribution < -0.4 is 10.6 Å². The molecule has 4 nitrogen and oxygen atoms in total. The number of alkyl halides is 1. The smallest absolute Gasteiger partial charge is 0.223 e. The Morgan fingerprint density at radius 1 is 1.31 bits per heavy atom. The highest BCUT2D eigenvalue weighted by molar-refractivity contribution is 6.30. The van der Waals surface area contributed by atoms with Gasteiger partial charge in [-0.25, -0.2) is 4.39 Å². The van der Waals surface area contributed by atoms with E-state index in [9.17, 15) is 14.3 Å². The summed E-state index contributed by atoms with van der Waals surface area (Å²) in [4.78, 5) is 12.8. The largest absolute Gasteiger partial charge is 0.375 e. The van der Waals surface area contributed by atoms with Crippen molar-refractivity contribution in [3.05, 3.63) is 34.9 Å². The summed E-state index contributed by atoms with van der Waals surface area (Å²) in [5.74, 6) is 0.349. The fourth-order valence-electron chi connectivity index (χ4n) is 5.04. The summed E-state index contributed by atoms with van der Waals surface area (Å²) in [6.45, 7) is 0. The summed E-state index contributed by atoms with van der Waals surface area (Å²) >= 11 is 6.16. The van der Waals surface area contributed by atoms with E-state index >= 15 is 0 Å². The first-order valence-electron chi connectivity index (χ1n) is 9.61. The quantitative estimate of drug-likeness (QED) is 0.749. The van der Waals surface area contributed by atoms with Crippen LogP contribution >= 0.6 is 11.6 Å². The molecule has 1 aliphatic heterocycles. The van der Waals surface area contributed by atoms with Gasteiger partial charge in [-0.3, -0.25) is 10.1 Å². The standard InChI is InChI=1S/C20H26ClFN2O2/c21-15-7-3-6-13(8-15)17(12-4-1-2-5-12)23-18(25)14-9-20(10-14)11-16(22)19(26)24-20/h3,6-8,12,14,16-17,19,24,26H,1-2,4-5,9-11H2,(H,23,25)/t14?,16?,17-,19?,20?/m1/s1. The molecule has 0 bridgehead atoms. The van der Waals surface area contributed by atoms with Gasteiger partial charge in [-0.05, 0) is 49.3 Å². The van der Waals surface area contributed by atoms with Crippen molar-refractivity contribution in [1.29, 1.82) is 0 Å². The number of hydrogen-bond acceptors (Lipinski definition) is 3. The van der Waals surface area contributed by atoms with Crippen molar-refractivity contribution in [2.24, 2.45) is 11.8 Å². The molecule has 2 unspecified atom stereocenters. The molecule has 3 aliphatic rings. The second-order valence-corrected chi connectivity index (χ2v) is 8.72. The topological polar surface area (TPSA) is 61.4 Å². The third-order valence-electron chi connectivity index (χ3n) is 6.40. The maximum Gasteiger partial charge on any atom is 0.223 e. The van der Waals surface area contributed by atoms with Crippen LogP contribution in [0, 0.1) is 11.8 Å². The molecule has 1 saturated heterocycles. The van der Waals surface area contributed by atoms with Crippen LogP contribution in [-0.4, -0.2) is 29.0 Å². The highest BCUT2D eigenvalue weighted by atomic mass is 35.5. The Hall–Kier alpha value is -1.17. The molecule has 1 aromatic rings. The molecule has 1 spiro atoms. The van der Waals surface area contributed by atoms with E-state index in [4.69, 9.17) is 11.6 Å². The summed E-state index contributed by atoms with van der Waals surface area (Å²) in [5.41, 5.74) is 0.657. The van der Waals surface area contributed by atoms with Crippen LogP contribution in [0.4, 0.5) is 4.39 Å². The Balaban J connectivity index is 1.42. The lowest BCUT2D eigenvalue weighted by Gasteiger charge is -2.45. The first-order valence-corrected chi connectivity index (χ1v) is 9.99. The van der Waals surface area contributed by atoms with Crippen molar-refractivity contribution in [2.75, 3.05) is 0 Å². The third kappa shape index (κ3) is 3.49. The Labute approximate surface area is 158 Å². The number of amides is 1. The van der Waals surface area contributed by atoms with Crippen LogP contribution in [0.5, 0.6) is 0 Å². The fourth-order valence-corrected chi connectivity index (χ4v) is 5.24. The predicted octanol–water partition coefficient (Wildman–Crippen LogP) is 3.49. The van der Waals surface area contributed by atoms with E-state index in [2.05, 4.69) is 10.6 Å². The highest BCUT2D eigenvalue weighted by Crippen LogP contribution is 2.46. The monoisotopic (exact) mass is 380 g/mol. The summed E-state index contributed by atoms with van der Waals surface area (Å²) in [6.07, 6.45) is 3.75. The van der Waals surface area contributed by atoms with E-state index in [1.54, 1.807) is 0 Å². The molecule has 3 N–H and O–H groups in total. The van der Waals surface area contributed by atoms with Crippen molar-refractivity contribution >= 4 is 17.5 Å². The molecule has 26 heavy (non-hydrogen) atoms. The van der Waals surface area contributed by atoms with Crippen LogP contribution in [0.1, 0.15) is 56.6 Å². The highest BCUT2D eigenvalue weighted by Gasteiger charge is 2.54. The van der Waals surface area contributed by atoms with Gasteiger partial charge < -0.3 is 10.4 Å². The van der Waals surface area contributed by atoms with Gasteiger partial charge in [0.05, 0.1) is 6.04 Å². The van der Waals surface area contributed by atoms with Crippen LogP contribution in [0.2, 0.25) is 5.02 Å². The number of aliphatic hydroxyl groups is 1. The molecular formula is C20H26ClFN2O2. The number of halogens is 2. The zero-order valence-corrected chi connectivity index (χ0v) is 15.5. The average molecular weight is 381 g/mol. The number of hydrogen-bond donors (Lipinski definition) is 3. The molecule has 4 rings (SSSR count). The van der Waals surface area contributed by atoms with Crippen LogP contribution in [0.3, 0.4) is 0 Å². The SMILES string of the molecule is O=C(N[C@@H](c1cccc(Cl)c1)C1CCCC1)C1CC2(C1)CC(F)C(O)N2. The van der Waals surface area contributed by atoms with E-state index in [-0.39, 0.29) is 24.3 Å². The first kappa shape index (κ1) is 18.2. The molecule has 1 aromatic carbocycles. The number of nitrogens with one attached hydrogen (secondary N) is 2. The number of carbonyl (C=O) groups is 1. The molecular weight excluding hydrogens is 355 g/mol. The van der Waals surface area contributed by atoms with Crippen LogP contribution in [-0.2, 0) is 4.79 Å². The normalized spacial score (nSPS) is 35.4. The van der Waals surface area contributed by atoms with Crippen molar-refractivity contribution in [3.63, 3.8) is 0 Å². The van der Waals surface area contributed by atoms with Gasteiger partial charge in [0.15, 0.2) is 0 Å². The Bertz CT molecular complexity index is 662. The molecule has 0 aromatic heterocycles. The number of aliphatic hydroxyl groups excluding tert-OH is 1. The molecule has 142 valence electrons. The average Bonchev–Trinajstić information content (AvgIpc) is 3.20. The lowest BCUT2D eigenvalue weighted by molar-refractivity contribution is -0.131. The second-order valence-electron chi connectivity index (χ2n) is 8.28. The zero-order chi connectivity index (χ0) is 18.3. The fraction of sp³-hybridized carbons (Fsp3) is 0.650. The minimum absolute atomic E-state index is 0.0173. The molecule has 1 heterocycles. The lowest BCUT2D eigenvalue weighted by Crippen LogP contribution is -2.57. The lowest BCUT2D eigenvalue weighted by atomic mass is 9.67. The van der Waals surface area contributed by atoms with E-state index in [1.807, 2.05) is 24.3 Å². The van der Waals surface area contributed by atoms with Gasteiger partial charge in [-0.2, -0.15) is 0 Å². The Morgan fingerprint density at radius 2 is 2.04 bits per heavy atom. The second kappa shape index (κ2) is 7.10. The van der Waals surface area contributed by atoms with E-state index < -0.39 is 17.9 Å². The summed E-state index contributed by atoms with van der Waals surface area (Å²) < 4.78 is 13.6. The molecule has 0 radical (unpaired) electrons. The molecule has 2 saturated carbocycles. The van der Waals surface area contributed by atoms with Gasteiger partial charge in [0.1, 0.15) is 12.4 Å². The number of carbonyl (C=O) groups excluding carboxylic acids is 1. The first-order chi connectivity index (χ1) is 12.5. The Morgan fingerprint density at radius 3 is 2.65 bits per heavy atom. The minimum atomic E-state index is -1.24. The number of benzene rings is 1. The maximum absolute atomic E-state index is 13.6. The minimum Gasteiger partial charge on any atom is -0.375 e. The number of rotatable bonds is 4. The van der Waals surface area contributed by atoms with Crippen molar-refractivity contribution < 1.29 is 14.3 Å². The molecule has 6 heteroatoms. The van der Waals surface area contributed by atoms with Gasteiger partial charge >= 0.3 is 0 Å². The van der Waals surface area contributed by atoms with E-state index in [0.717, 1.165) is 18.4 Å². The molecule has 3 fully saturated rings. The van der Waals surface area contributed by atoms with Crippen molar-refractivity contribution in [1.82, 2.24) is 10.6 Å². The summed E-state index contributed by atoms with van der Waals surface area (Å²) in [5, 5.41) is 16.5.